The number of benzene rings is 1. The number of phenols is 1. The first-order valence-electron chi connectivity index (χ1n) is 8.31. The maximum absolute atomic E-state index is 10.6. The Kier molecular flexibility index (Phi) is 4.33. The zero-order valence-corrected chi connectivity index (χ0v) is 13.7. The van der Waals surface area contributed by atoms with Crippen molar-refractivity contribution in [3.63, 3.8) is 0 Å². The van der Waals surface area contributed by atoms with Crippen molar-refractivity contribution in [3.05, 3.63) is 23.3 Å². The van der Waals surface area contributed by atoms with E-state index in [0.717, 1.165) is 32.4 Å². The van der Waals surface area contributed by atoms with Gasteiger partial charge in [-0.1, -0.05) is 13.8 Å². The van der Waals surface area contributed by atoms with Crippen LogP contribution in [0, 0.1) is 11.8 Å². The molecule has 122 valence electrons. The van der Waals surface area contributed by atoms with E-state index in [4.69, 9.17) is 4.74 Å². The number of ether oxygens (including phenoxy) is 1. The first-order valence-corrected chi connectivity index (χ1v) is 8.31. The number of rotatable bonds is 3. The summed E-state index contributed by atoms with van der Waals surface area (Å²) in [4.78, 5) is 2.50. The van der Waals surface area contributed by atoms with Crippen LogP contribution >= 0.6 is 0 Å². The molecular formula is C18H27NO3. The lowest BCUT2D eigenvalue weighted by atomic mass is 9.79. The molecule has 3 atom stereocenters. The van der Waals surface area contributed by atoms with Gasteiger partial charge in [0.15, 0.2) is 11.5 Å². The van der Waals surface area contributed by atoms with Crippen LogP contribution in [0.1, 0.15) is 43.9 Å². The van der Waals surface area contributed by atoms with Gasteiger partial charge in [-0.2, -0.15) is 0 Å². The second-order valence-corrected chi connectivity index (χ2v) is 7.18. The average Bonchev–Trinajstić information content (AvgIpc) is 2.47. The Bertz CT molecular complexity index is 543. The summed E-state index contributed by atoms with van der Waals surface area (Å²) < 4.78 is 5.26. The number of aliphatic hydroxyl groups excluding tert-OH is 1. The zero-order chi connectivity index (χ0) is 15.9. The van der Waals surface area contributed by atoms with Crippen molar-refractivity contribution in [1.82, 2.24) is 4.90 Å². The number of fused-ring (bicyclic) bond motifs is 3. The van der Waals surface area contributed by atoms with E-state index in [1.807, 2.05) is 12.1 Å². The molecule has 1 saturated heterocycles. The predicted molar refractivity (Wildman–Crippen MR) is 86.2 cm³/mol. The number of methoxy groups -OCH3 is 1. The third-order valence-electron chi connectivity index (χ3n) is 5.16. The molecule has 4 nitrogen and oxygen atoms in total. The fourth-order valence-corrected chi connectivity index (χ4v) is 4.11. The third kappa shape index (κ3) is 2.82. The van der Waals surface area contributed by atoms with E-state index in [1.165, 1.54) is 11.1 Å². The molecule has 0 saturated carbocycles. The summed E-state index contributed by atoms with van der Waals surface area (Å²) in [5.74, 6) is 1.73. The highest BCUT2D eigenvalue weighted by Crippen LogP contribution is 2.43. The van der Waals surface area contributed by atoms with E-state index >= 15 is 0 Å². The molecule has 1 aromatic rings. The van der Waals surface area contributed by atoms with E-state index in [2.05, 4.69) is 18.7 Å². The highest BCUT2D eigenvalue weighted by Gasteiger charge is 2.38. The smallest absolute Gasteiger partial charge is 0.160 e. The van der Waals surface area contributed by atoms with Crippen molar-refractivity contribution >= 4 is 0 Å². The average molecular weight is 305 g/mol. The van der Waals surface area contributed by atoms with Gasteiger partial charge >= 0.3 is 0 Å². The Labute approximate surface area is 132 Å². The van der Waals surface area contributed by atoms with Crippen LogP contribution in [0.2, 0.25) is 0 Å². The summed E-state index contributed by atoms with van der Waals surface area (Å²) >= 11 is 0. The lowest BCUT2D eigenvalue weighted by molar-refractivity contribution is -0.0191. The molecule has 0 radical (unpaired) electrons. The molecule has 2 aliphatic rings. The Morgan fingerprint density at radius 1 is 1.36 bits per heavy atom. The molecule has 1 aromatic carbocycles. The molecule has 22 heavy (non-hydrogen) atoms. The standard InChI is InChI=1S/C18H27NO3/c1-11(2)6-13-10-19-5-4-12-7-17(21)18(22-3)8-14(12)15(19)9-16(13)20/h7-8,11,13,15-16,20-21H,4-6,9-10H2,1-3H3/t13-,15-,16+/m0/s1. The van der Waals surface area contributed by atoms with Crippen LogP contribution in [-0.4, -0.2) is 41.4 Å². The lowest BCUT2D eigenvalue weighted by Crippen LogP contribution is -2.48. The van der Waals surface area contributed by atoms with Crippen molar-refractivity contribution in [3.8, 4) is 11.5 Å². The number of hydrogen-bond donors (Lipinski definition) is 2. The summed E-state index contributed by atoms with van der Waals surface area (Å²) in [6.45, 7) is 6.41. The van der Waals surface area contributed by atoms with Crippen LogP contribution < -0.4 is 4.74 Å². The van der Waals surface area contributed by atoms with Gasteiger partial charge < -0.3 is 14.9 Å². The van der Waals surface area contributed by atoms with Gasteiger partial charge in [0.25, 0.3) is 0 Å². The fraction of sp³-hybridized carbons (Fsp3) is 0.667. The Morgan fingerprint density at radius 3 is 2.82 bits per heavy atom. The first-order chi connectivity index (χ1) is 10.5. The minimum atomic E-state index is -0.241. The van der Waals surface area contributed by atoms with E-state index in [-0.39, 0.29) is 17.9 Å². The molecule has 2 heterocycles. The Hall–Kier alpha value is -1.26. The van der Waals surface area contributed by atoms with Gasteiger partial charge in [0.1, 0.15) is 0 Å². The number of nitrogens with zero attached hydrogens (tertiary/aromatic N) is 1. The summed E-state index contributed by atoms with van der Waals surface area (Å²) in [5, 5.41) is 20.5. The molecule has 0 aliphatic carbocycles. The molecule has 4 heteroatoms. The van der Waals surface area contributed by atoms with Crippen LogP contribution in [0.4, 0.5) is 0 Å². The van der Waals surface area contributed by atoms with Gasteiger partial charge in [0.2, 0.25) is 0 Å². The van der Waals surface area contributed by atoms with E-state index < -0.39 is 0 Å². The number of piperidine rings is 1. The number of phenolic OH excluding ortho intramolecular Hbond substituents is 1. The van der Waals surface area contributed by atoms with E-state index in [1.54, 1.807) is 7.11 Å². The van der Waals surface area contributed by atoms with E-state index in [0.29, 0.717) is 17.6 Å². The minimum Gasteiger partial charge on any atom is -0.504 e. The van der Waals surface area contributed by atoms with Crippen LogP contribution in [0.15, 0.2) is 12.1 Å². The quantitative estimate of drug-likeness (QED) is 0.901. The SMILES string of the molecule is COc1cc2c(cc1O)CCN1C[C@H](CC(C)C)[C@H](O)C[C@@H]21. The molecule has 1 fully saturated rings. The van der Waals surface area contributed by atoms with Gasteiger partial charge in [-0.15, -0.1) is 0 Å². The second-order valence-electron chi connectivity index (χ2n) is 7.18. The summed E-state index contributed by atoms with van der Waals surface area (Å²) in [6, 6.07) is 4.03. The Morgan fingerprint density at radius 2 is 2.14 bits per heavy atom. The normalized spacial score (nSPS) is 28.3. The van der Waals surface area contributed by atoms with Crippen molar-refractivity contribution in [2.24, 2.45) is 11.8 Å². The number of aromatic hydroxyl groups is 1. The van der Waals surface area contributed by atoms with Gasteiger partial charge in [0.05, 0.1) is 13.2 Å². The van der Waals surface area contributed by atoms with Crippen LogP contribution in [0.5, 0.6) is 11.5 Å². The van der Waals surface area contributed by atoms with Crippen molar-refractivity contribution in [2.45, 2.75) is 45.3 Å². The lowest BCUT2D eigenvalue weighted by Gasteiger charge is -2.46. The monoisotopic (exact) mass is 305 g/mol. The highest BCUT2D eigenvalue weighted by atomic mass is 16.5. The maximum atomic E-state index is 10.6. The van der Waals surface area contributed by atoms with Gasteiger partial charge in [0, 0.05) is 19.1 Å². The molecule has 0 amide bonds. The summed E-state index contributed by atoms with van der Waals surface area (Å²) in [6.07, 6.45) is 2.57. The molecule has 2 aliphatic heterocycles. The highest BCUT2D eigenvalue weighted by molar-refractivity contribution is 5.48. The molecule has 0 spiro atoms. The maximum Gasteiger partial charge on any atom is 0.160 e. The third-order valence-corrected chi connectivity index (χ3v) is 5.16. The van der Waals surface area contributed by atoms with Crippen molar-refractivity contribution in [2.75, 3.05) is 20.2 Å². The first kappa shape index (κ1) is 15.6. The van der Waals surface area contributed by atoms with Crippen LogP contribution in [-0.2, 0) is 6.42 Å². The van der Waals surface area contributed by atoms with Crippen molar-refractivity contribution in [1.29, 1.82) is 0 Å². The van der Waals surface area contributed by atoms with Gasteiger partial charge in [-0.3, -0.25) is 4.90 Å². The molecule has 2 N–H and O–H groups in total. The summed E-state index contributed by atoms with van der Waals surface area (Å²) in [5.41, 5.74) is 2.40. The van der Waals surface area contributed by atoms with Gasteiger partial charge in [-0.25, -0.2) is 0 Å². The molecule has 0 unspecified atom stereocenters. The molecular weight excluding hydrogens is 278 g/mol. The van der Waals surface area contributed by atoms with Crippen LogP contribution in [0.3, 0.4) is 0 Å². The fourth-order valence-electron chi connectivity index (χ4n) is 4.11. The summed E-state index contributed by atoms with van der Waals surface area (Å²) in [7, 11) is 1.58. The van der Waals surface area contributed by atoms with Crippen LogP contribution in [0.25, 0.3) is 0 Å². The second kappa shape index (κ2) is 6.09. The predicted octanol–water partition coefficient (Wildman–Crippen LogP) is 2.73. The number of hydrogen-bond acceptors (Lipinski definition) is 4. The minimum absolute atomic E-state index is 0.212. The molecule has 3 rings (SSSR count). The van der Waals surface area contributed by atoms with Gasteiger partial charge in [-0.05, 0) is 54.4 Å². The Balaban J connectivity index is 1.86. The zero-order valence-electron chi connectivity index (χ0n) is 13.7. The molecule has 0 bridgehead atoms. The molecule has 0 aromatic heterocycles. The van der Waals surface area contributed by atoms with Crippen molar-refractivity contribution < 1.29 is 14.9 Å². The van der Waals surface area contributed by atoms with E-state index in [9.17, 15) is 10.2 Å². The largest absolute Gasteiger partial charge is 0.504 e. The topological polar surface area (TPSA) is 52.9 Å². The number of aliphatic hydroxyl groups is 1.